The summed E-state index contributed by atoms with van der Waals surface area (Å²) in [4.78, 5) is 15.2. The van der Waals surface area contributed by atoms with Crippen LogP contribution in [-0.4, -0.2) is 14.4 Å². The summed E-state index contributed by atoms with van der Waals surface area (Å²) in [5.41, 5.74) is 3.22. The monoisotopic (exact) mass is 438 g/mol. The average molecular weight is 439 g/mol. The summed E-state index contributed by atoms with van der Waals surface area (Å²) in [5.74, 6) is 0.761. The lowest BCUT2D eigenvalue weighted by Crippen LogP contribution is -2.17. The van der Waals surface area contributed by atoms with Crippen molar-refractivity contribution < 1.29 is 13.4 Å². The third kappa shape index (κ3) is 4.73. The predicted molar refractivity (Wildman–Crippen MR) is 119 cm³/mol. The van der Waals surface area contributed by atoms with E-state index < -0.39 is 9.73 Å². The van der Waals surface area contributed by atoms with Gasteiger partial charge in [0, 0.05) is 29.3 Å². The Labute approximate surface area is 182 Å². The van der Waals surface area contributed by atoms with Gasteiger partial charge in [-0.3, -0.25) is 9.69 Å². The van der Waals surface area contributed by atoms with Gasteiger partial charge in [0.15, 0.2) is 0 Å². The van der Waals surface area contributed by atoms with Crippen molar-refractivity contribution in [2.45, 2.75) is 50.2 Å². The summed E-state index contributed by atoms with van der Waals surface area (Å²) in [6.07, 6.45) is 1.37. The van der Waals surface area contributed by atoms with Crippen molar-refractivity contribution >= 4 is 9.73 Å². The molecule has 6 nitrogen and oxygen atoms in total. The lowest BCUT2D eigenvalue weighted by molar-refractivity contribution is 0.241. The maximum atomic E-state index is 12.4. The van der Waals surface area contributed by atoms with Gasteiger partial charge >= 0.3 is 0 Å². The Bertz CT molecular complexity index is 1210. The van der Waals surface area contributed by atoms with Crippen molar-refractivity contribution in [3.8, 4) is 5.75 Å². The van der Waals surface area contributed by atoms with Crippen molar-refractivity contribution in [1.82, 2.24) is 4.90 Å². The molecule has 1 unspecified atom stereocenters. The number of nitrogens with zero attached hydrogens (tertiary/aromatic N) is 1. The largest absolute Gasteiger partial charge is 0.482 e. The lowest BCUT2D eigenvalue weighted by atomic mass is 10.1. The van der Waals surface area contributed by atoms with Crippen molar-refractivity contribution in [2.75, 3.05) is 0 Å². The smallest absolute Gasteiger partial charge is 0.227 e. The van der Waals surface area contributed by atoms with E-state index in [1.165, 1.54) is 23.5 Å². The van der Waals surface area contributed by atoms with Gasteiger partial charge in [0.2, 0.25) is 11.2 Å². The van der Waals surface area contributed by atoms with Crippen LogP contribution in [0.4, 0.5) is 0 Å². The number of hydrogen-bond acceptors (Lipinski definition) is 6. The molecular weight excluding hydrogens is 412 g/mol. The van der Waals surface area contributed by atoms with Crippen LogP contribution in [0.2, 0.25) is 0 Å². The van der Waals surface area contributed by atoms with Gasteiger partial charge in [-0.15, -0.1) is 0 Å². The Kier molecular flexibility index (Phi) is 5.98. The number of nitrogens with one attached hydrogen (secondary N) is 1. The molecule has 0 spiro atoms. The maximum absolute atomic E-state index is 12.4. The first kappa shape index (κ1) is 21.3. The van der Waals surface area contributed by atoms with E-state index in [1.54, 1.807) is 38.1 Å². The molecule has 0 bridgehead atoms. The van der Waals surface area contributed by atoms with E-state index >= 15 is 0 Å². The molecular formula is C24H26N2O4S. The molecule has 7 heteroatoms. The average Bonchev–Trinajstić information content (AvgIpc) is 3.15. The topological polar surface area (TPSA) is 83.6 Å². The highest BCUT2D eigenvalue weighted by Gasteiger charge is 2.19. The van der Waals surface area contributed by atoms with Gasteiger partial charge in [0.1, 0.15) is 18.6 Å². The zero-order valence-corrected chi connectivity index (χ0v) is 18.5. The highest BCUT2D eigenvalue weighted by Crippen LogP contribution is 2.24. The Morgan fingerprint density at radius 3 is 2.32 bits per heavy atom. The van der Waals surface area contributed by atoms with Gasteiger partial charge in [0.05, 0.1) is 16.3 Å². The minimum absolute atomic E-state index is 0.156. The van der Waals surface area contributed by atoms with Gasteiger partial charge in [-0.25, -0.2) is 8.99 Å². The Morgan fingerprint density at radius 1 is 1.10 bits per heavy atom. The second kappa shape index (κ2) is 8.69. The molecule has 0 aliphatic carbocycles. The van der Waals surface area contributed by atoms with Gasteiger partial charge in [-0.05, 0) is 42.7 Å². The lowest BCUT2D eigenvalue weighted by Gasteiger charge is -2.14. The zero-order valence-electron chi connectivity index (χ0n) is 17.7. The third-order valence-corrected chi connectivity index (χ3v) is 7.77. The molecule has 3 aromatic rings. The molecule has 0 amide bonds. The fourth-order valence-corrected chi connectivity index (χ4v) is 4.67. The maximum Gasteiger partial charge on any atom is 0.227 e. The van der Waals surface area contributed by atoms with E-state index in [2.05, 4.69) is 17.0 Å². The summed E-state index contributed by atoms with van der Waals surface area (Å²) >= 11 is 0. The molecule has 2 aromatic carbocycles. The summed E-state index contributed by atoms with van der Waals surface area (Å²) in [5, 5.41) is -0.257. The van der Waals surface area contributed by atoms with E-state index in [4.69, 9.17) is 13.9 Å². The number of ether oxygens (including phenoxy) is 1. The van der Waals surface area contributed by atoms with Crippen LogP contribution >= 0.6 is 0 Å². The third-order valence-electron chi connectivity index (χ3n) is 5.47. The van der Waals surface area contributed by atoms with Crippen LogP contribution in [0.15, 0.2) is 75.0 Å². The normalized spacial score (nSPS) is 15.6. The fraction of sp³-hybridized carbons (Fsp3) is 0.292. The Hall–Kier alpha value is -2.90. The molecule has 1 aromatic heterocycles. The second-order valence-corrected chi connectivity index (χ2v) is 10.7. The Morgan fingerprint density at radius 2 is 1.74 bits per heavy atom. The van der Waals surface area contributed by atoms with Crippen LogP contribution in [-0.2, 0) is 36.0 Å². The van der Waals surface area contributed by atoms with E-state index in [-0.39, 0.29) is 23.0 Å². The highest BCUT2D eigenvalue weighted by molar-refractivity contribution is 7.93. The molecule has 31 heavy (non-hydrogen) atoms. The Balaban J connectivity index is 1.37. The van der Waals surface area contributed by atoms with Crippen molar-refractivity contribution in [3.05, 3.63) is 93.5 Å². The van der Waals surface area contributed by atoms with Gasteiger partial charge < -0.3 is 9.15 Å². The van der Waals surface area contributed by atoms with Gasteiger partial charge in [-0.2, -0.15) is 0 Å². The molecule has 2 heterocycles. The van der Waals surface area contributed by atoms with Crippen LogP contribution in [0.5, 0.6) is 5.75 Å². The van der Waals surface area contributed by atoms with Crippen LogP contribution in [0.25, 0.3) is 0 Å². The van der Waals surface area contributed by atoms with Gasteiger partial charge in [-0.1, -0.05) is 36.4 Å². The van der Waals surface area contributed by atoms with E-state index in [0.29, 0.717) is 17.2 Å². The summed E-state index contributed by atoms with van der Waals surface area (Å²) in [6.45, 7) is 5.99. The first-order chi connectivity index (χ1) is 14.8. The minimum Gasteiger partial charge on any atom is -0.482 e. The molecule has 1 aliphatic rings. The number of benzene rings is 2. The summed E-state index contributed by atoms with van der Waals surface area (Å²) in [6, 6.07) is 16.7. The molecule has 0 fully saturated rings. The van der Waals surface area contributed by atoms with Crippen LogP contribution in [0.3, 0.4) is 0 Å². The molecule has 1 atom stereocenters. The molecule has 0 radical (unpaired) electrons. The first-order valence-corrected chi connectivity index (χ1v) is 11.9. The molecule has 0 saturated carbocycles. The molecule has 0 saturated heterocycles. The molecule has 1 aliphatic heterocycles. The van der Waals surface area contributed by atoms with Gasteiger partial charge in [0.25, 0.3) is 0 Å². The van der Waals surface area contributed by atoms with Crippen molar-refractivity contribution in [1.29, 1.82) is 4.78 Å². The SMILES string of the molecule is CC(C)S(=N)(=O)c1ccc(COc2coc(CN3Cc4ccccc4C3)cc2=O)cc1. The number of rotatable bonds is 7. The highest BCUT2D eigenvalue weighted by atomic mass is 32.2. The molecule has 162 valence electrons. The van der Waals surface area contributed by atoms with E-state index in [1.807, 2.05) is 12.1 Å². The summed E-state index contributed by atoms with van der Waals surface area (Å²) < 4.78 is 31.7. The summed E-state index contributed by atoms with van der Waals surface area (Å²) in [7, 11) is -2.81. The first-order valence-electron chi connectivity index (χ1n) is 10.2. The molecule has 4 rings (SSSR count). The molecule has 1 N–H and O–H groups in total. The number of hydrogen-bond donors (Lipinski definition) is 1. The van der Waals surface area contributed by atoms with Crippen molar-refractivity contribution in [2.24, 2.45) is 0 Å². The van der Waals surface area contributed by atoms with Crippen molar-refractivity contribution in [3.63, 3.8) is 0 Å². The quantitative estimate of drug-likeness (QED) is 0.585. The van der Waals surface area contributed by atoms with Crippen LogP contribution in [0.1, 0.15) is 36.3 Å². The zero-order chi connectivity index (χ0) is 22.0. The van der Waals surface area contributed by atoms with Crippen LogP contribution < -0.4 is 10.2 Å². The van der Waals surface area contributed by atoms with E-state index in [9.17, 15) is 9.00 Å². The van der Waals surface area contributed by atoms with Crippen LogP contribution in [0, 0.1) is 4.78 Å². The fourth-order valence-electron chi connectivity index (χ4n) is 3.58. The predicted octanol–water partition coefficient (Wildman–Crippen LogP) is 4.55. The number of fused-ring (bicyclic) bond motifs is 1. The standard InChI is InChI=1S/C24H26N2O4S/c1-17(2)31(25,28)22-9-7-18(8-10-22)15-30-24-16-29-21(11-23(24)27)14-26-12-19-5-3-4-6-20(19)13-26/h3-11,16-17,25H,12-15H2,1-2H3. The minimum atomic E-state index is -2.81. The van der Waals surface area contributed by atoms with E-state index in [0.717, 1.165) is 18.7 Å². The second-order valence-electron chi connectivity index (χ2n) is 8.07.